The highest BCUT2D eigenvalue weighted by Crippen LogP contribution is 2.09. The SMILES string of the molecule is CNC(=O)CCN(C)Cc1cc2n(n1)CCNC2.Cl.Cl. The third-order valence-electron chi connectivity index (χ3n) is 3.15. The van der Waals surface area contributed by atoms with Gasteiger partial charge in [-0.15, -0.1) is 24.8 Å². The molecule has 6 nitrogen and oxygen atoms in total. The van der Waals surface area contributed by atoms with Crippen LogP contribution in [0.5, 0.6) is 0 Å². The maximum Gasteiger partial charge on any atom is 0.221 e. The van der Waals surface area contributed by atoms with Gasteiger partial charge in [-0.2, -0.15) is 5.10 Å². The van der Waals surface area contributed by atoms with Gasteiger partial charge in [-0.3, -0.25) is 14.4 Å². The molecule has 2 N–H and O–H groups in total. The molecule has 1 aliphatic rings. The fourth-order valence-corrected chi connectivity index (χ4v) is 2.10. The molecule has 0 atom stereocenters. The van der Waals surface area contributed by atoms with E-state index in [4.69, 9.17) is 0 Å². The van der Waals surface area contributed by atoms with E-state index in [1.165, 1.54) is 5.69 Å². The first kappa shape index (κ1) is 19.2. The molecule has 8 heteroatoms. The summed E-state index contributed by atoms with van der Waals surface area (Å²) in [5.41, 5.74) is 2.32. The van der Waals surface area contributed by atoms with E-state index < -0.39 is 0 Å². The lowest BCUT2D eigenvalue weighted by Gasteiger charge is -2.14. The van der Waals surface area contributed by atoms with Crippen molar-refractivity contribution in [1.29, 1.82) is 0 Å². The van der Waals surface area contributed by atoms with E-state index in [9.17, 15) is 4.79 Å². The minimum Gasteiger partial charge on any atom is -0.359 e. The van der Waals surface area contributed by atoms with Gasteiger partial charge in [0.2, 0.25) is 5.91 Å². The van der Waals surface area contributed by atoms with Crippen molar-refractivity contribution in [3.8, 4) is 0 Å². The van der Waals surface area contributed by atoms with E-state index in [0.717, 1.165) is 38.4 Å². The zero-order chi connectivity index (χ0) is 13.0. The van der Waals surface area contributed by atoms with Crippen molar-refractivity contribution < 1.29 is 4.79 Å². The number of nitrogens with zero attached hydrogens (tertiary/aromatic N) is 3. The van der Waals surface area contributed by atoms with Gasteiger partial charge in [-0.1, -0.05) is 0 Å². The largest absolute Gasteiger partial charge is 0.359 e. The van der Waals surface area contributed by atoms with E-state index in [2.05, 4.69) is 31.4 Å². The second-order valence-corrected chi connectivity index (χ2v) is 4.69. The average Bonchev–Trinajstić information content (AvgIpc) is 2.77. The van der Waals surface area contributed by atoms with Crippen LogP contribution in [0.25, 0.3) is 0 Å². The van der Waals surface area contributed by atoms with Gasteiger partial charge >= 0.3 is 0 Å². The van der Waals surface area contributed by atoms with Crippen molar-refractivity contribution in [1.82, 2.24) is 25.3 Å². The minimum atomic E-state index is 0. The van der Waals surface area contributed by atoms with Gasteiger partial charge < -0.3 is 10.6 Å². The Morgan fingerprint density at radius 2 is 2.30 bits per heavy atom. The Bertz CT molecular complexity index is 400. The van der Waals surface area contributed by atoms with Gasteiger partial charge in [0.25, 0.3) is 0 Å². The molecule has 116 valence electrons. The zero-order valence-corrected chi connectivity index (χ0v) is 13.5. The van der Waals surface area contributed by atoms with Crippen LogP contribution in [0.1, 0.15) is 17.8 Å². The third kappa shape index (κ3) is 5.28. The molecule has 0 aliphatic carbocycles. The second kappa shape index (κ2) is 9.18. The Morgan fingerprint density at radius 1 is 1.55 bits per heavy atom. The summed E-state index contributed by atoms with van der Waals surface area (Å²) < 4.78 is 2.07. The fourth-order valence-electron chi connectivity index (χ4n) is 2.10. The molecule has 2 heterocycles. The lowest BCUT2D eigenvalue weighted by Crippen LogP contribution is -2.28. The fraction of sp³-hybridized carbons (Fsp3) is 0.667. The molecule has 0 saturated heterocycles. The summed E-state index contributed by atoms with van der Waals surface area (Å²) in [6.07, 6.45) is 0.530. The van der Waals surface area contributed by atoms with Gasteiger partial charge in [0.05, 0.1) is 17.9 Å². The Kier molecular flexibility index (Phi) is 8.80. The standard InChI is InChI=1S/C12H21N5O.2ClH/c1-13-12(18)3-5-16(2)9-10-7-11-8-14-4-6-17(11)15-10;;/h7,14H,3-6,8-9H2,1-2H3,(H,13,18);2*1H. The molecule has 0 radical (unpaired) electrons. The number of fused-ring (bicyclic) bond motifs is 1. The van der Waals surface area contributed by atoms with Crippen LogP contribution in [0.4, 0.5) is 0 Å². The molecule has 1 aliphatic heterocycles. The lowest BCUT2D eigenvalue weighted by molar-refractivity contribution is -0.120. The van der Waals surface area contributed by atoms with Crippen molar-refractivity contribution in [2.75, 3.05) is 27.2 Å². The van der Waals surface area contributed by atoms with Crippen LogP contribution >= 0.6 is 24.8 Å². The van der Waals surface area contributed by atoms with Crippen molar-refractivity contribution in [2.24, 2.45) is 0 Å². The van der Waals surface area contributed by atoms with E-state index in [-0.39, 0.29) is 30.7 Å². The number of hydrogen-bond donors (Lipinski definition) is 2. The van der Waals surface area contributed by atoms with Crippen LogP contribution in [0, 0.1) is 0 Å². The van der Waals surface area contributed by atoms with Crippen molar-refractivity contribution in [2.45, 2.75) is 26.1 Å². The molecule has 0 saturated carbocycles. The average molecular weight is 324 g/mol. The predicted octanol–water partition coefficient (Wildman–Crippen LogP) is 0.398. The molecular formula is C12H23Cl2N5O. The van der Waals surface area contributed by atoms with Crippen molar-refractivity contribution >= 4 is 30.7 Å². The number of carbonyl (C=O) groups is 1. The van der Waals surface area contributed by atoms with E-state index in [1.807, 2.05) is 7.05 Å². The lowest BCUT2D eigenvalue weighted by atomic mass is 10.3. The van der Waals surface area contributed by atoms with Crippen LogP contribution in [-0.4, -0.2) is 47.8 Å². The molecule has 0 fully saturated rings. The summed E-state index contributed by atoms with van der Waals surface area (Å²) >= 11 is 0. The smallest absolute Gasteiger partial charge is 0.221 e. The minimum absolute atomic E-state index is 0. The highest BCUT2D eigenvalue weighted by Gasteiger charge is 2.12. The number of halogens is 2. The quantitative estimate of drug-likeness (QED) is 0.823. The van der Waals surface area contributed by atoms with Gasteiger partial charge in [-0.25, -0.2) is 0 Å². The normalized spacial score (nSPS) is 13.2. The van der Waals surface area contributed by atoms with Gasteiger partial charge in [0.1, 0.15) is 0 Å². The molecule has 1 aromatic heterocycles. The molecule has 20 heavy (non-hydrogen) atoms. The number of carbonyl (C=O) groups excluding carboxylic acids is 1. The van der Waals surface area contributed by atoms with Gasteiger partial charge in [0.15, 0.2) is 0 Å². The maximum absolute atomic E-state index is 11.2. The Labute approximate surface area is 132 Å². The first-order chi connectivity index (χ1) is 8.69. The predicted molar refractivity (Wildman–Crippen MR) is 83.4 cm³/mol. The molecule has 0 unspecified atom stereocenters. The van der Waals surface area contributed by atoms with Crippen LogP contribution < -0.4 is 10.6 Å². The summed E-state index contributed by atoms with van der Waals surface area (Å²) in [6, 6.07) is 2.14. The maximum atomic E-state index is 11.2. The summed E-state index contributed by atoms with van der Waals surface area (Å²) in [7, 11) is 3.68. The summed E-state index contributed by atoms with van der Waals surface area (Å²) in [5, 5.41) is 10.5. The van der Waals surface area contributed by atoms with Crippen LogP contribution in [0.15, 0.2) is 6.07 Å². The second-order valence-electron chi connectivity index (χ2n) is 4.69. The van der Waals surface area contributed by atoms with Crippen molar-refractivity contribution in [3.05, 3.63) is 17.5 Å². The number of nitrogens with one attached hydrogen (secondary N) is 2. The number of amides is 1. The van der Waals surface area contributed by atoms with Gasteiger partial charge in [-0.05, 0) is 13.1 Å². The molecular weight excluding hydrogens is 301 g/mol. The van der Waals surface area contributed by atoms with Crippen molar-refractivity contribution in [3.63, 3.8) is 0 Å². The van der Waals surface area contributed by atoms with E-state index >= 15 is 0 Å². The molecule has 0 bridgehead atoms. The zero-order valence-electron chi connectivity index (χ0n) is 11.9. The third-order valence-corrected chi connectivity index (χ3v) is 3.15. The van der Waals surface area contributed by atoms with Crippen LogP contribution in [-0.2, 0) is 24.4 Å². The van der Waals surface area contributed by atoms with Crippen LogP contribution in [0.2, 0.25) is 0 Å². The molecule has 1 amide bonds. The number of rotatable bonds is 5. The number of hydrogen-bond acceptors (Lipinski definition) is 4. The first-order valence-corrected chi connectivity index (χ1v) is 6.34. The number of aromatic nitrogens is 2. The summed E-state index contributed by atoms with van der Waals surface area (Å²) in [6.45, 7) is 4.37. The monoisotopic (exact) mass is 323 g/mol. The highest BCUT2D eigenvalue weighted by atomic mass is 35.5. The molecule has 0 aromatic carbocycles. The van der Waals surface area contributed by atoms with Gasteiger partial charge in [0, 0.05) is 39.6 Å². The molecule has 2 rings (SSSR count). The Morgan fingerprint density at radius 3 is 2.95 bits per heavy atom. The van der Waals surface area contributed by atoms with E-state index in [0.29, 0.717) is 6.42 Å². The first-order valence-electron chi connectivity index (χ1n) is 6.34. The molecule has 0 spiro atoms. The highest BCUT2D eigenvalue weighted by molar-refractivity contribution is 5.85. The summed E-state index contributed by atoms with van der Waals surface area (Å²) in [5.74, 6) is 0.0789. The Balaban J connectivity index is 0.00000180. The molecule has 1 aromatic rings. The Hall–Kier alpha value is -0.820. The van der Waals surface area contributed by atoms with Crippen LogP contribution in [0.3, 0.4) is 0 Å². The topological polar surface area (TPSA) is 62.2 Å². The summed E-state index contributed by atoms with van der Waals surface area (Å²) in [4.78, 5) is 13.3. The van der Waals surface area contributed by atoms with E-state index in [1.54, 1.807) is 7.05 Å².